The molecule has 4 heteroatoms. The summed E-state index contributed by atoms with van der Waals surface area (Å²) in [6, 6.07) is 13.3. The molecule has 0 saturated carbocycles. The maximum absolute atomic E-state index is 13.2. The Morgan fingerprint density at radius 2 is 1.55 bits per heavy atom. The summed E-state index contributed by atoms with van der Waals surface area (Å²) in [5, 5.41) is 3.64. The second-order valence-corrected chi connectivity index (χ2v) is 6.16. The topological polar surface area (TPSA) is 12.0 Å². The molecule has 0 bridgehead atoms. The van der Waals surface area contributed by atoms with Crippen molar-refractivity contribution >= 4 is 27.5 Å². The molecular weight excluding hydrogens is 341 g/mol. The third-order valence-corrected chi connectivity index (χ3v) is 4.13. The molecule has 106 valence electrons. The third-order valence-electron chi connectivity index (χ3n) is 3.31. The van der Waals surface area contributed by atoms with Crippen molar-refractivity contribution in [3.8, 4) is 0 Å². The molecule has 0 spiro atoms. The Labute approximate surface area is 132 Å². The fraction of sp³-hybridized carbons (Fsp3) is 0.250. The number of nitrogens with one attached hydrogen (secondary N) is 1. The molecule has 2 rings (SSSR count). The van der Waals surface area contributed by atoms with Crippen molar-refractivity contribution in [2.45, 2.75) is 25.9 Å². The van der Waals surface area contributed by atoms with Crippen LogP contribution in [0.4, 0.5) is 4.39 Å². The highest BCUT2D eigenvalue weighted by Gasteiger charge is 2.12. The van der Waals surface area contributed by atoms with Crippen LogP contribution in [-0.4, -0.2) is 0 Å². The zero-order valence-corrected chi connectivity index (χ0v) is 13.7. The van der Waals surface area contributed by atoms with Crippen molar-refractivity contribution < 1.29 is 4.39 Å². The Morgan fingerprint density at radius 1 is 1.00 bits per heavy atom. The van der Waals surface area contributed by atoms with Gasteiger partial charge in [-0.1, -0.05) is 45.7 Å². The molecule has 2 aromatic rings. The van der Waals surface area contributed by atoms with E-state index in [1.807, 2.05) is 19.1 Å². The molecule has 1 unspecified atom stereocenters. The summed E-state index contributed by atoms with van der Waals surface area (Å²) in [7, 11) is 0. The van der Waals surface area contributed by atoms with Crippen LogP contribution in [0, 0.1) is 5.82 Å². The molecule has 0 heterocycles. The van der Waals surface area contributed by atoms with Gasteiger partial charge in [0.1, 0.15) is 5.82 Å². The molecule has 1 N–H and O–H groups in total. The first-order chi connectivity index (χ1) is 9.47. The smallest absolute Gasteiger partial charge is 0.141 e. The van der Waals surface area contributed by atoms with Crippen LogP contribution in [0.3, 0.4) is 0 Å². The predicted octanol–water partition coefficient (Wildman–Crippen LogP) is 5.65. The number of hydrogen-bond acceptors (Lipinski definition) is 1. The Morgan fingerprint density at radius 3 is 2.15 bits per heavy atom. The number of halogens is 3. The molecule has 0 radical (unpaired) electrons. The van der Waals surface area contributed by atoms with Gasteiger partial charge in [0.25, 0.3) is 0 Å². The number of hydrogen-bond donors (Lipinski definition) is 1. The Bertz CT molecular complexity index is 586. The van der Waals surface area contributed by atoms with Gasteiger partial charge in [-0.3, -0.25) is 0 Å². The van der Waals surface area contributed by atoms with Gasteiger partial charge in [0, 0.05) is 16.6 Å². The van der Waals surface area contributed by atoms with E-state index in [4.69, 9.17) is 11.6 Å². The largest absolute Gasteiger partial charge is 0.304 e. The van der Waals surface area contributed by atoms with Gasteiger partial charge in [-0.15, -0.1) is 0 Å². The molecule has 0 aliphatic rings. The van der Waals surface area contributed by atoms with E-state index < -0.39 is 0 Å². The SMILES string of the molecule is CC(N[C@H](C)c1ccc(Br)cc1)c1ccc(F)c(Cl)c1. The highest BCUT2D eigenvalue weighted by molar-refractivity contribution is 9.10. The van der Waals surface area contributed by atoms with Crippen molar-refractivity contribution in [1.82, 2.24) is 5.32 Å². The highest BCUT2D eigenvalue weighted by atomic mass is 79.9. The maximum Gasteiger partial charge on any atom is 0.141 e. The van der Waals surface area contributed by atoms with Gasteiger partial charge in [0.15, 0.2) is 0 Å². The summed E-state index contributed by atoms with van der Waals surface area (Å²) in [6.45, 7) is 4.14. The second-order valence-electron chi connectivity index (χ2n) is 4.84. The average molecular weight is 357 g/mol. The summed E-state index contributed by atoms with van der Waals surface area (Å²) in [5.74, 6) is -0.386. The zero-order valence-electron chi connectivity index (χ0n) is 11.3. The first-order valence-corrected chi connectivity index (χ1v) is 7.61. The van der Waals surface area contributed by atoms with Gasteiger partial charge in [-0.05, 0) is 49.2 Å². The monoisotopic (exact) mass is 355 g/mol. The van der Waals surface area contributed by atoms with Gasteiger partial charge in [-0.2, -0.15) is 0 Å². The van der Waals surface area contributed by atoms with Crippen molar-refractivity contribution in [2.75, 3.05) is 0 Å². The number of benzene rings is 2. The van der Waals surface area contributed by atoms with Crippen molar-refractivity contribution in [2.24, 2.45) is 0 Å². The summed E-state index contributed by atoms with van der Waals surface area (Å²) >= 11 is 9.25. The molecule has 0 aromatic heterocycles. The zero-order chi connectivity index (χ0) is 14.7. The minimum atomic E-state index is -0.386. The van der Waals surface area contributed by atoms with Crippen LogP contribution in [0.2, 0.25) is 5.02 Å². The van der Waals surface area contributed by atoms with E-state index in [0.29, 0.717) is 0 Å². The summed E-state index contributed by atoms with van der Waals surface area (Å²) in [6.07, 6.45) is 0. The van der Waals surface area contributed by atoms with Gasteiger partial charge < -0.3 is 5.32 Å². The standard InChI is InChI=1S/C16H16BrClFN/c1-10(12-3-6-14(17)7-4-12)20-11(2)13-5-8-16(19)15(18)9-13/h3-11,20H,1-2H3/t10-,11?/m1/s1. The van der Waals surface area contributed by atoms with E-state index in [2.05, 4.69) is 40.3 Å². The lowest BCUT2D eigenvalue weighted by atomic mass is 10.0. The van der Waals surface area contributed by atoms with Gasteiger partial charge in [0.05, 0.1) is 5.02 Å². The van der Waals surface area contributed by atoms with Crippen molar-refractivity contribution in [3.05, 3.63) is 68.9 Å². The second kappa shape index (κ2) is 6.70. The summed E-state index contributed by atoms with van der Waals surface area (Å²) in [4.78, 5) is 0. The van der Waals surface area contributed by atoms with Crippen molar-refractivity contribution in [1.29, 1.82) is 0 Å². The number of rotatable bonds is 4. The minimum absolute atomic E-state index is 0.0896. The lowest BCUT2D eigenvalue weighted by Crippen LogP contribution is -2.22. The van der Waals surface area contributed by atoms with Gasteiger partial charge >= 0.3 is 0 Å². The summed E-state index contributed by atoms with van der Waals surface area (Å²) in [5.41, 5.74) is 2.17. The summed E-state index contributed by atoms with van der Waals surface area (Å²) < 4.78 is 14.2. The Balaban J connectivity index is 2.08. The molecular formula is C16H16BrClFN. The van der Waals surface area contributed by atoms with Crippen LogP contribution in [0.25, 0.3) is 0 Å². The average Bonchev–Trinajstić information content (AvgIpc) is 2.42. The molecule has 0 amide bonds. The van der Waals surface area contributed by atoms with E-state index in [9.17, 15) is 4.39 Å². The van der Waals surface area contributed by atoms with E-state index in [1.165, 1.54) is 11.6 Å². The van der Waals surface area contributed by atoms with E-state index in [0.717, 1.165) is 10.0 Å². The van der Waals surface area contributed by atoms with Crippen LogP contribution in [0.1, 0.15) is 37.1 Å². The normalized spacial score (nSPS) is 14.1. The molecule has 20 heavy (non-hydrogen) atoms. The third kappa shape index (κ3) is 3.81. The predicted molar refractivity (Wildman–Crippen MR) is 85.5 cm³/mol. The van der Waals surface area contributed by atoms with Crippen LogP contribution >= 0.6 is 27.5 Å². The molecule has 2 atom stereocenters. The van der Waals surface area contributed by atoms with Gasteiger partial charge in [-0.25, -0.2) is 4.39 Å². The molecule has 1 nitrogen and oxygen atoms in total. The highest BCUT2D eigenvalue weighted by Crippen LogP contribution is 2.24. The first-order valence-electron chi connectivity index (χ1n) is 6.44. The van der Waals surface area contributed by atoms with E-state index in [-0.39, 0.29) is 22.9 Å². The first kappa shape index (κ1) is 15.5. The molecule has 0 aliphatic heterocycles. The molecule has 2 aromatic carbocycles. The maximum atomic E-state index is 13.2. The van der Waals surface area contributed by atoms with Crippen LogP contribution in [-0.2, 0) is 0 Å². The minimum Gasteiger partial charge on any atom is -0.304 e. The van der Waals surface area contributed by atoms with E-state index in [1.54, 1.807) is 12.1 Å². The molecule has 0 aliphatic carbocycles. The lowest BCUT2D eigenvalue weighted by molar-refractivity contribution is 0.494. The fourth-order valence-electron chi connectivity index (χ4n) is 2.10. The lowest BCUT2D eigenvalue weighted by Gasteiger charge is -2.21. The quantitative estimate of drug-likeness (QED) is 0.746. The fourth-order valence-corrected chi connectivity index (χ4v) is 2.55. The van der Waals surface area contributed by atoms with Gasteiger partial charge in [0.2, 0.25) is 0 Å². The van der Waals surface area contributed by atoms with Crippen LogP contribution < -0.4 is 5.32 Å². The van der Waals surface area contributed by atoms with Crippen LogP contribution in [0.15, 0.2) is 46.9 Å². The van der Waals surface area contributed by atoms with Crippen molar-refractivity contribution in [3.63, 3.8) is 0 Å². The molecule has 0 fully saturated rings. The molecule has 0 saturated heterocycles. The van der Waals surface area contributed by atoms with E-state index >= 15 is 0 Å². The Kier molecular flexibility index (Phi) is 5.19. The Hall–Kier alpha value is -0.900. The van der Waals surface area contributed by atoms with Crippen LogP contribution in [0.5, 0.6) is 0 Å².